The third kappa shape index (κ3) is 11.4. The molecule has 12 aromatic carbocycles. The molecule has 0 radical (unpaired) electrons. The van der Waals surface area contributed by atoms with Crippen molar-refractivity contribution >= 4 is 54.7 Å². The number of benzene rings is 12. The van der Waals surface area contributed by atoms with Gasteiger partial charge in [0.15, 0.2) is 0 Å². The standard InChI is InChI=1S/C76H57N5O4S2/c1-49-35-45-61(46-36-49)87(84,85)81-72(58-25-13-6-14-26-58)71(57-23-11-5-12-24-57)78-76(83)60-43-39-53(40-44-60)63-32-16-28-55-30-18-34-65(69(55)63)67-48-47-66(73-74(67)80-86-79-73)64-33-17-29-54-27-15-31-62(68(54)64)52-37-41-59(42-38-52)75(82)77-70(56-21-9-4-10-22-56)50(2)51-19-7-3-8-20-51/h3-48,50,70-72,81H,1-2H3/p+2/t50-,70+,71?,72?/m0/s1. The second-order valence-corrected chi connectivity index (χ2v) is 24.2. The molecule has 0 bridgehead atoms. The first kappa shape index (κ1) is 55.8. The van der Waals surface area contributed by atoms with Gasteiger partial charge in [-0.15, -0.1) is 0 Å². The van der Waals surface area contributed by atoms with E-state index in [0.717, 1.165) is 99.0 Å². The van der Waals surface area contributed by atoms with Crippen molar-refractivity contribution in [3.8, 4) is 44.5 Å². The molecule has 1 aliphatic rings. The van der Waals surface area contributed by atoms with E-state index in [9.17, 15) is 18.0 Å². The number of sulfonamides is 1. The van der Waals surface area contributed by atoms with Gasteiger partial charge >= 0.3 is 22.1 Å². The SMILES string of the molecule is Cc1ccc(S(=O)(=O)NC(c2ccccc2)C(NC(=O)c2ccc(-c3cccc4cccc(-c5ccc(-c6cccc7cccc(-c8ccc(C(=O)N[C@@H](c9ccccc9)[C@@H](C)c9ccccc9)cc8)c67)c6c5=[N+]=S=[N+]=6)c34)cc2)c2ccccc2)cc1. The second kappa shape index (κ2) is 24.3. The summed E-state index contributed by atoms with van der Waals surface area (Å²) < 4.78 is 41.1. The molecule has 11 heteroatoms. The van der Waals surface area contributed by atoms with Crippen LogP contribution in [0.1, 0.15) is 79.5 Å². The van der Waals surface area contributed by atoms with Crippen molar-refractivity contribution in [1.82, 2.24) is 23.4 Å². The molecule has 9 nitrogen and oxygen atoms in total. The smallest absolute Gasteiger partial charge is 0.345 e. The number of rotatable bonds is 17. The number of fused-ring (bicyclic) bond motifs is 3. The number of amides is 2. The van der Waals surface area contributed by atoms with Crippen molar-refractivity contribution < 1.29 is 18.0 Å². The van der Waals surface area contributed by atoms with Gasteiger partial charge in [0.2, 0.25) is 10.0 Å². The second-order valence-electron chi connectivity index (χ2n) is 21.9. The Morgan fingerprint density at radius 3 is 1.20 bits per heavy atom. The van der Waals surface area contributed by atoms with Crippen molar-refractivity contribution in [2.75, 3.05) is 0 Å². The van der Waals surface area contributed by atoms with Crippen LogP contribution in [0.4, 0.5) is 0 Å². The first-order chi connectivity index (χ1) is 42.6. The number of nitrogens with one attached hydrogen (secondary N) is 3. The van der Waals surface area contributed by atoms with Crippen molar-refractivity contribution in [3.05, 3.63) is 329 Å². The summed E-state index contributed by atoms with van der Waals surface area (Å²) in [7, 11) is -4.04. The molecule has 0 saturated carbocycles. The fourth-order valence-electron chi connectivity index (χ4n) is 12.0. The summed E-state index contributed by atoms with van der Waals surface area (Å²) in [4.78, 5) is 28.8. The molecule has 0 aliphatic carbocycles. The number of hydrogen-bond donors (Lipinski definition) is 3. The van der Waals surface area contributed by atoms with E-state index in [0.29, 0.717) is 16.7 Å². The number of hydrogen-bond acceptors (Lipinski definition) is 4. The van der Waals surface area contributed by atoms with Crippen LogP contribution in [0.5, 0.6) is 0 Å². The lowest BCUT2D eigenvalue weighted by atomic mass is 9.88. The number of carbonyl (C=O) groups is 2. The highest BCUT2D eigenvalue weighted by Gasteiger charge is 2.33. The van der Waals surface area contributed by atoms with E-state index in [4.69, 9.17) is 8.08 Å². The topological polar surface area (TPSA) is 133 Å². The van der Waals surface area contributed by atoms with Gasteiger partial charge in [0, 0.05) is 17.0 Å². The average molecular weight is 1170 g/mol. The van der Waals surface area contributed by atoms with Gasteiger partial charge in [-0.1, -0.05) is 243 Å². The van der Waals surface area contributed by atoms with Crippen molar-refractivity contribution in [3.63, 3.8) is 0 Å². The van der Waals surface area contributed by atoms with Gasteiger partial charge in [0.1, 0.15) is 0 Å². The molecule has 13 rings (SSSR count). The average Bonchev–Trinajstić information content (AvgIpc) is 1.86. The summed E-state index contributed by atoms with van der Waals surface area (Å²) in [6.45, 7) is 4.06. The molecule has 2 amide bonds. The van der Waals surface area contributed by atoms with Gasteiger partial charge < -0.3 is 10.6 Å². The summed E-state index contributed by atoms with van der Waals surface area (Å²) in [6.07, 6.45) is 0. The normalized spacial score (nSPS) is 13.1. The lowest BCUT2D eigenvalue weighted by Crippen LogP contribution is -2.40. The summed E-state index contributed by atoms with van der Waals surface area (Å²) >= 11 is 1.19. The molecule has 3 N–H and O–H groups in total. The molecule has 1 aliphatic heterocycles. The third-order valence-electron chi connectivity index (χ3n) is 16.5. The van der Waals surface area contributed by atoms with E-state index in [2.05, 4.69) is 125 Å². The Morgan fingerprint density at radius 2 is 0.759 bits per heavy atom. The third-order valence-corrected chi connectivity index (χ3v) is 18.5. The van der Waals surface area contributed by atoms with Crippen LogP contribution in [0.15, 0.2) is 284 Å². The predicted octanol–water partition coefficient (Wildman–Crippen LogP) is 14.3. The van der Waals surface area contributed by atoms with Crippen LogP contribution in [-0.4, -0.2) is 20.2 Å². The van der Waals surface area contributed by atoms with Crippen molar-refractivity contribution in [2.45, 2.75) is 42.8 Å². The zero-order chi connectivity index (χ0) is 59.4. The minimum Gasteiger partial charge on any atom is -0.345 e. The highest BCUT2D eigenvalue weighted by molar-refractivity contribution is 7.89. The number of nitrogens with zero attached hydrogens (tertiary/aromatic N) is 2. The molecule has 4 atom stereocenters. The van der Waals surface area contributed by atoms with Crippen LogP contribution in [0.2, 0.25) is 0 Å². The Kier molecular flexibility index (Phi) is 15.6. The van der Waals surface area contributed by atoms with E-state index in [-0.39, 0.29) is 28.7 Å². The minimum atomic E-state index is -4.04. The Hall–Kier alpha value is -10.4. The Bertz CT molecular complexity index is 4910. The molecule has 0 aromatic heterocycles. The molecule has 0 spiro atoms. The monoisotopic (exact) mass is 1170 g/mol. The highest BCUT2D eigenvalue weighted by Crippen LogP contribution is 2.40. The van der Waals surface area contributed by atoms with Gasteiger partial charge in [0.25, 0.3) is 11.8 Å². The quantitative estimate of drug-likeness (QED) is 0.0783. The largest absolute Gasteiger partial charge is 0.700 e. The molecule has 2 unspecified atom stereocenters. The van der Waals surface area contributed by atoms with Crippen LogP contribution < -0.4 is 34.1 Å². The Balaban J connectivity index is 0.804. The fourth-order valence-corrected chi connectivity index (χ4v) is 13.8. The Labute approximate surface area is 509 Å². The van der Waals surface area contributed by atoms with Gasteiger partial charge in [-0.2, -0.15) is 0 Å². The van der Waals surface area contributed by atoms with Crippen LogP contribution >= 0.6 is 0 Å². The van der Waals surface area contributed by atoms with E-state index in [1.54, 1.807) is 24.3 Å². The zero-order valence-corrected chi connectivity index (χ0v) is 49.3. The molecule has 87 heavy (non-hydrogen) atoms. The first-order valence-electron chi connectivity index (χ1n) is 29.0. The van der Waals surface area contributed by atoms with Gasteiger partial charge in [0.05, 0.1) is 42.2 Å². The summed E-state index contributed by atoms with van der Waals surface area (Å²) in [5, 5.41) is 12.4. The van der Waals surface area contributed by atoms with E-state index in [1.807, 2.05) is 159 Å². The lowest BCUT2D eigenvalue weighted by molar-refractivity contribution is 0.0922. The van der Waals surface area contributed by atoms with Crippen molar-refractivity contribution in [2.24, 2.45) is 0 Å². The summed E-state index contributed by atoms with van der Waals surface area (Å²) in [5.74, 6) is -0.467. The van der Waals surface area contributed by atoms with Crippen LogP contribution in [-0.2, 0) is 21.4 Å². The molecule has 1 heterocycles. The van der Waals surface area contributed by atoms with Crippen LogP contribution in [0.3, 0.4) is 0 Å². The molecular weight excluding hydrogens is 1110 g/mol. The predicted molar refractivity (Wildman–Crippen MR) is 351 cm³/mol. The zero-order valence-electron chi connectivity index (χ0n) is 47.7. The lowest BCUT2D eigenvalue weighted by Gasteiger charge is -2.30. The molecular formula is C76H59N5O4S2+2. The number of aryl methyl sites for hydroxylation is 1. The maximum absolute atomic E-state index is 14.6. The van der Waals surface area contributed by atoms with Crippen molar-refractivity contribution in [1.29, 1.82) is 0 Å². The first-order valence-corrected chi connectivity index (χ1v) is 31.2. The van der Waals surface area contributed by atoms with Gasteiger partial charge in [-0.3, -0.25) is 9.59 Å². The van der Waals surface area contributed by atoms with Crippen LogP contribution in [0, 0.1) is 6.92 Å². The molecule has 0 saturated heterocycles. The minimum absolute atomic E-state index is 0.0325. The number of carbonyl (C=O) groups excluding carboxylic acids is 2. The van der Waals surface area contributed by atoms with E-state index >= 15 is 0 Å². The molecule has 422 valence electrons. The molecule has 12 aromatic rings. The van der Waals surface area contributed by atoms with E-state index in [1.165, 1.54) is 11.4 Å². The Morgan fingerprint density at radius 1 is 0.379 bits per heavy atom. The van der Waals surface area contributed by atoms with E-state index < -0.39 is 22.1 Å². The summed E-state index contributed by atoms with van der Waals surface area (Å²) in [6, 6.07) is 89.1. The summed E-state index contributed by atoms with van der Waals surface area (Å²) in [5.41, 5.74) is 13.4. The molecule has 0 fully saturated rings. The van der Waals surface area contributed by atoms with Crippen LogP contribution in [0.25, 0.3) is 66.1 Å². The fraction of sp³-hybridized carbons (Fsp3) is 0.0789. The van der Waals surface area contributed by atoms with Gasteiger partial charge in [-0.25, -0.2) is 13.1 Å². The highest BCUT2D eigenvalue weighted by atomic mass is 32.2. The maximum atomic E-state index is 14.6. The van der Waals surface area contributed by atoms with Gasteiger partial charge in [-0.05, 0) is 133 Å². The maximum Gasteiger partial charge on any atom is 0.700 e.